The second kappa shape index (κ2) is 6.01. The number of hydrogen-bond acceptors (Lipinski definition) is 4. The molecule has 0 unspecified atom stereocenters. The molecular weight excluding hydrogens is 322 g/mol. The molecule has 128 valence electrons. The van der Waals surface area contributed by atoms with Crippen LogP contribution in [-0.2, 0) is 10.0 Å². The standard InChI is InChI=1S/C18H23N3O2S/c1-20(24(22,23)16-7-8-16)15-10-12-21(13-11-15)18-9-6-14-4-2-3-5-17(14)19-18/h2-6,9,15-16H,7-8,10-13H2,1H3. The van der Waals surface area contributed by atoms with E-state index in [1.54, 1.807) is 11.4 Å². The van der Waals surface area contributed by atoms with E-state index in [4.69, 9.17) is 4.98 Å². The lowest BCUT2D eigenvalue weighted by Crippen LogP contribution is -2.46. The van der Waals surface area contributed by atoms with Gasteiger partial charge in [0.2, 0.25) is 10.0 Å². The minimum atomic E-state index is -3.08. The van der Waals surface area contributed by atoms with E-state index in [-0.39, 0.29) is 11.3 Å². The molecule has 1 saturated carbocycles. The highest BCUT2D eigenvalue weighted by molar-refractivity contribution is 7.90. The molecular formula is C18H23N3O2S. The monoisotopic (exact) mass is 345 g/mol. The fourth-order valence-corrected chi connectivity index (χ4v) is 5.33. The van der Waals surface area contributed by atoms with E-state index in [0.717, 1.165) is 55.5 Å². The van der Waals surface area contributed by atoms with Gasteiger partial charge in [-0.1, -0.05) is 18.2 Å². The average molecular weight is 345 g/mol. The number of rotatable bonds is 4. The Kier molecular flexibility index (Phi) is 3.96. The van der Waals surface area contributed by atoms with E-state index in [2.05, 4.69) is 23.1 Å². The van der Waals surface area contributed by atoms with Crippen LogP contribution >= 0.6 is 0 Å². The minimum absolute atomic E-state index is 0.118. The van der Waals surface area contributed by atoms with Crippen LogP contribution in [0, 0.1) is 0 Å². The van der Waals surface area contributed by atoms with Crippen LogP contribution in [0.4, 0.5) is 5.82 Å². The van der Waals surface area contributed by atoms with Gasteiger partial charge in [-0.15, -0.1) is 0 Å². The van der Waals surface area contributed by atoms with E-state index in [1.165, 1.54) is 0 Å². The molecule has 6 heteroatoms. The fraction of sp³-hybridized carbons (Fsp3) is 0.500. The van der Waals surface area contributed by atoms with Crippen molar-refractivity contribution in [3.05, 3.63) is 36.4 Å². The molecule has 2 heterocycles. The van der Waals surface area contributed by atoms with Crippen molar-refractivity contribution in [3.8, 4) is 0 Å². The highest BCUT2D eigenvalue weighted by atomic mass is 32.2. The van der Waals surface area contributed by atoms with Crippen molar-refractivity contribution in [2.45, 2.75) is 37.0 Å². The molecule has 0 radical (unpaired) electrons. The van der Waals surface area contributed by atoms with Gasteiger partial charge in [0.1, 0.15) is 5.82 Å². The molecule has 2 aromatic rings. The quantitative estimate of drug-likeness (QED) is 0.855. The Morgan fingerprint density at radius 2 is 1.75 bits per heavy atom. The van der Waals surface area contributed by atoms with Crippen LogP contribution < -0.4 is 4.90 Å². The van der Waals surface area contributed by atoms with E-state index in [1.807, 2.05) is 18.2 Å². The number of pyridine rings is 1. The van der Waals surface area contributed by atoms with Gasteiger partial charge in [0.25, 0.3) is 0 Å². The molecule has 0 bridgehead atoms. The van der Waals surface area contributed by atoms with Crippen molar-refractivity contribution in [3.63, 3.8) is 0 Å². The Hall–Kier alpha value is -1.66. The molecule has 24 heavy (non-hydrogen) atoms. The first-order valence-corrected chi connectivity index (χ1v) is 10.1. The number of anilines is 1. The fourth-order valence-electron chi connectivity index (χ4n) is 3.50. The summed E-state index contributed by atoms with van der Waals surface area (Å²) in [4.78, 5) is 7.01. The zero-order valence-electron chi connectivity index (χ0n) is 13.9. The maximum Gasteiger partial charge on any atom is 0.216 e. The van der Waals surface area contributed by atoms with Crippen LogP contribution in [0.15, 0.2) is 36.4 Å². The second-order valence-electron chi connectivity index (χ2n) is 6.84. The van der Waals surface area contributed by atoms with Gasteiger partial charge in [-0.3, -0.25) is 0 Å². The van der Waals surface area contributed by atoms with Gasteiger partial charge in [0.15, 0.2) is 0 Å². The summed E-state index contributed by atoms with van der Waals surface area (Å²) in [5.74, 6) is 0.986. The summed E-state index contributed by atoms with van der Waals surface area (Å²) < 4.78 is 26.4. The summed E-state index contributed by atoms with van der Waals surface area (Å²) in [5, 5.41) is 1.02. The van der Waals surface area contributed by atoms with Crippen LogP contribution in [0.25, 0.3) is 10.9 Å². The predicted octanol–water partition coefficient (Wildman–Crippen LogP) is 2.63. The lowest BCUT2D eigenvalue weighted by atomic mass is 10.1. The van der Waals surface area contributed by atoms with E-state index in [9.17, 15) is 8.42 Å². The third-order valence-corrected chi connectivity index (χ3v) is 7.65. The maximum absolute atomic E-state index is 12.4. The maximum atomic E-state index is 12.4. The molecule has 1 aliphatic carbocycles. The third kappa shape index (κ3) is 2.89. The van der Waals surface area contributed by atoms with Crippen molar-refractivity contribution >= 4 is 26.7 Å². The Balaban J connectivity index is 1.45. The molecule has 5 nitrogen and oxygen atoms in total. The topological polar surface area (TPSA) is 53.5 Å². The highest BCUT2D eigenvalue weighted by Crippen LogP contribution is 2.33. The van der Waals surface area contributed by atoms with Crippen molar-refractivity contribution in [2.75, 3.05) is 25.0 Å². The largest absolute Gasteiger partial charge is 0.356 e. The SMILES string of the molecule is CN(C1CCN(c2ccc3ccccc3n2)CC1)S(=O)(=O)C1CC1. The summed E-state index contributed by atoms with van der Waals surface area (Å²) in [5.41, 5.74) is 1.01. The van der Waals surface area contributed by atoms with E-state index < -0.39 is 10.0 Å². The van der Waals surface area contributed by atoms with Crippen molar-refractivity contribution in [2.24, 2.45) is 0 Å². The average Bonchev–Trinajstić information content (AvgIpc) is 3.46. The summed E-state index contributed by atoms with van der Waals surface area (Å²) in [6, 6.07) is 12.4. The number of hydrogen-bond donors (Lipinski definition) is 0. The molecule has 0 amide bonds. The number of para-hydroxylation sites is 1. The normalized spacial score (nSPS) is 20.0. The number of fused-ring (bicyclic) bond motifs is 1. The van der Waals surface area contributed by atoms with Gasteiger partial charge in [0, 0.05) is 31.6 Å². The molecule has 2 fully saturated rings. The Labute approximate surface area is 143 Å². The first-order valence-electron chi connectivity index (χ1n) is 8.63. The molecule has 1 aromatic heterocycles. The molecule has 1 aromatic carbocycles. The lowest BCUT2D eigenvalue weighted by molar-refractivity contribution is 0.311. The zero-order valence-corrected chi connectivity index (χ0v) is 14.7. The van der Waals surface area contributed by atoms with Gasteiger partial charge < -0.3 is 4.90 Å². The predicted molar refractivity (Wildman–Crippen MR) is 96.7 cm³/mol. The first kappa shape index (κ1) is 15.8. The number of benzene rings is 1. The zero-order chi connectivity index (χ0) is 16.7. The smallest absolute Gasteiger partial charge is 0.216 e. The molecule has 4 rings (SSSR count). The molecule has 0 atom stereocenters. The summed E-state index contributed by atoms with van der Waals surface area (Å²) >= 11 is 0. The Bertz CT molecular complexity index is 840. The third-order valence-electron chi connectivity index (χ3n) is 5.23. The van der Waals surface area contributed by atoms with E-state index >= 15 is 0 Å². The highest BCUT2D eigenvalue weighted by Gasteiger charge is 2.41. The second-order valence-corrected chi connectivity index (χ2v) is 9.11. The number of aromatic nitrogens is 1. The summed E-state index contributed by atoms with van der Waals surface area (Å²) in [7, 11) is -1.32. The molecule has 1 saturated heterocycles. The van der Waals surface area contributed by atoms with Gasteiger partial charge in [-0.25, -0.2) is 17.7 Å². The molecule has 0 N–H and O–H groups in total. The van der Waals surface area contributed by atoms with Crippen LogP contribution in [-0.4, -0.2) is 49.1 Å². The summed E-state index contributed by atoms with van der Waals surface area (Å²) in [6.07, 6.45) is 3.37. The lowest BCUT2D eigenvalue weighted by Gasteiger charge is -2.36. The molecule has 1 aliphatic heterocycles. The van der Waals surface area contributed by atoms with Gasteiger partial charge in [-0.2, -0.15) is 0 Å². The van der Waals surface area contributed by atoms with Crippen molar-refractivity contribution in [1.29, 1.82) is 0 Å². The summed E-state index contributed by atoms with van der Waals surface area (Å²) in [6.45, 7) is 1.70. The van der Waals surface area contributed by atoms with Crippen molar-refractivity contribution in [1.82, 2.24) is 9.29 Å². The Morgan fingerprint density at radius 3 is 2.46 bits per heavy atom. The number of nitrogens with zero attached hydrogens (tertiary/aromatic N) is 3. The molecule has 2 aliphatic rings. The van der Waals surface area contributed by atoms with Crippen LogP contribution in [0.5, 0.6) is 0 Å². The number of piperidine rings is 1. The van der Waals surface area contributed by atoms with E-state index in [0.29, 0.717) is 0 Å². The van der Waals surface area contributed by atoms with Gasteiger partial charge in [-0.05, 0) is 43.9 Å². The van der Waals surface area contributed by atoms with Crippen LogP contribution in [0.2, 0.25) is 0 Å². The van der Waals surface area contributed by atoms with Gasteiger partial charge >= 0.3 is 0 Å². The van der Waals surface area contributed by atoms with Crippen molar-refractivity contribution < 1.29 is 8.42 Å². The van der Waals surface area contributed by atoms with Crippen LogP contribution in [0.1, 0.15) is 25.7 Å². The van der Waals surface area contributed by atoms with Crippen LogP contribution in [0.3, 0.4) is 0 Å². The number of sulfonamides is 1. The minimum Gasteiger partial charge on any atom is -0.356 e. The molecule has 0 spiro atoms. The van der Waals surface area contributed by atoms with Gasteiger partial charge in [0.05, 0.1) is 10.8 Å². The first-order chi connectivity index (χ1) is 11.6. The Morgan fingerprint density at radius 1 is 1.04 bits per heavy atom.